The second-order valence-corrected chi connectivity index (χ2v) is 4.71. The zero-order valence-corrected chi connectivity index (χ0v) is 9.30. The summed E-state index contributed by atoms with van der Waals surface area (Å²) in [5.41, 5.74) is 6.97. The highest BCUT2D eigenvalue weighted by Crippen LogP contribution is 2.28. The highest BCUT2D eigenvalue weighted by molar-refractivity contribution is 6.30. The van der Waals surface area contributed by atoms with Crippen molar-refractivity contribution in [3.8, 4) is 0 Å². The van der Waals surface area contributed by atoms with Crippen LogP contribution in [0.1, 0.15) is 24.8 Å². The molecule has 0 saturated heterocycles. The Bertz CT molecular complexity index is 353. The van der Waals surface area contributed by atoms with Crippen LogP contribution in [0.5, 0.6) is 0 Å². The zero-order valence-electron chi connectivity index (χ0n) is 8.55. The number of nitrogens with two attached hydrogens (primary N) is 1. The summed E-state index contributed by atoms with van der Waals surface area (Å²) in [7, 11) is 0. The third kappa shape index (κ3) is 2.50. The van der Waals surface area contributed by atoms with Crippen molar-refractivity contribution >= 4 is 11.6 Å². The predicted octanol–water partition coefficient (Wildman–Crippen LogP) is 3.15. The first-order valence-electron chi connectivity index (χ1n) is 5.36. The van der Waals surface area contributed by atoms with Crippen molar-refractivity contribution in [1.82, 2.24) is 0 Å². The van der Waals surface area contributed by atoms with E-state index in [1.165, 1.54) is 12.5 Å². The van der Waals surface area contributed by atoms with E-state index in [0.717, 1.165) is 24.8 Å². The van der Waals surface area contributed by atoms with Crippen molar-refractivity contribution in [2.45, 2.75) is 31.7 Å². The number of rotatable bonds is 2. The summed E-state index contributed by atoms with van der Waals surface area (Å²) >= 11 is 5.63. The number of hydrogen-bond donors (Lipinski definition) is 1. The second kappa shape index (κ2) is 4.50. The first-order valence-corrected chi connectivity index (χ1v) is 5.74. The predicted molar refractivity (Wildman–Crippen MR) is 60.4 cm³/mol. The monoisotopic (exact) mass is 227 g/mol. The maximum absolute atomic E-state index is 13.2. The molecule has 0 amide bonds. The molecule has 1 saturated carbocycles. The Labute approximate surface area is 94.4 Å². The first-order chi connectivity index (χ1) is 7.16. The molecule has 1 aliphatic rings. The second-order valence-electron chi connectivity index (χ2n) is 4.31. The minimum Gasteiger partial charge on any atom is -0.327 e. The highest BCUT2D eigenvalue weighted by Gasteiger charge is 2.23. The molecule has 0 spiro atoms. The minimum absolute atomic E-state index is 0.189. The Hall–Kier alpha value is -0.600. The van der Waals surface area contributed by atoms with Gasteiger partial charge in [0.2, 0.25) is 0 Å². The topological polar surface area (TPSA) is 26.0 Å². The van der Waals surface area contributed by atoms with E-state index in [0.29, 0.717) is 5.92 Å². The van der Waals surface area contributed by atoms with Crippen molar-refractivity contribution < 1.29 is 4.39 Å². The first kappa shape index (κ1) is 10.9. The van der Waals surface area contributed by atoms with E-state index in [1.54, 1.807) is 6.07 Å². The molecule has 1 fully saturated rings. The zero-order chi connectivity index (χ0) is 10.8. The third-order valence-electron chi connectivity index (χ3n) is 3.20. The molecule has 0 aromatic heterocycles. The SMILES string of the molecule is NC1CCCC1Cc1ccc(Cl)c(F)c1. The van der Waals surface area contributed by atoms with Crippen molar-refractivity contribution in [3.63, 3.8) is 0 Å². The number of halogens is 2. The van der Waals surface area contributed by atoms with Crippen LogP contribution in [0.3, 0.4) is 0 Å². The lowest BCUT2D eigenvalue weighted by Gasteiger charge is -2.15. The van der Waals surface area contributed by atoms with Crippen LogP contribution in [0.15, 0.2) is 18.2 Å². The van der Waals surface area contributed by atoms with Gasteiger partial charge in [-0.15, -0.1) is 0 Å². The quantitative estimate of drug-likeness (QED) is 0.825. The standard InChI is InChI=1S/C12H15ClFN/c13-10-5-4-8(7-11(10)14)6-9-2-1-3-12(9)15/h4-5,7,9,12H,1-3,6,15H2. The Balaban J connectivity index is 2.07. The lowest BCUT2D eigenvalue weighted by molar-refractivity contribution is 0.477. The lowest BCUT2D eigenvalue weighted by Crippen LogP contribution is -2.25. The largest absolute Gasteiger partial charge is 0.327 e. The van der Waals surface area contributed by atoms with Crippen LogP contribution < -0.4 is 5.73 Å². The normalized spacial score (nSPS) is 25.8. The molecular weight excluding hydrogens is 213 g/mol. The molecule has 1 aliphatic carbocycles. The average molecular weight is 228 g/mol. The van der Waals surface area contributed by atoms with Gasteiger partial charge in [0.05, 0.1) is 5.02 Å². The lowest BCUT2D eigenvalue weighted by atomic mass is 9.95. The highest BCUT2D eigenvalue weighted by atomic mass is 35.5. The van der Waals surface area contributed by atoms with Gasteiger partial charge in [0.1, 0.15) is 5.82 Å². The molecule has 2 atom stereocenters. The summed E-state index contributed by atoms with van der Waals surface area (Å²) in [6.07, 6.45) is 4.32. The van der Waals surface area contributed by atoms with Gasteiger partial charge in [-0.05, 0) is 42.9 Å². The summed E-state index contributed by atoms with van der Waals surface area (Å²) in [6.45, 7) is 0. The van der Waals surface area contributed by atoms with Gasteiger partial charge in [0.15, 0.2) is 0 Å². The molecule has 2 rings (SSSR count). The number of hydrogen-bond acceptors (Lipinski definition) is 1. The van der Waals surface area contributed by atoms with Crippen molar-refractivity contribution in [3.05, 3.63) is 34.6 Å². The Morgan fingerprint density at radius 3 is 2.80 bits per heavy atom. The molecule has 15 heavy (non-hydrogen) atoms. The van der Waals surface area contributed by atoms with Gasteiger partial charge in [0.25, 0.3) is 0 Å². The van der Waals surface area contributed by atoms with E-state index in [-0.39, 0.29) is 16.9 Å². The molecule has 1 nitrogen and oxygen atoms in total. The van der Waals surface area contributed by atoms with Crippen LogP contribution >= 0.6 is 11.6 Å². The maximum atomic E-state index is 13.2. The molecule has 1 aromatic rings. The molecule has 82 valence electrons. The van der Waals surface area contributed by atoms with Gasteiger partial charge in [-0.25, -0.2) is 4.39 Å². The van der Waals surface area contributed by atoms with E-state index >= 15 is 0 Å². The summed E-state index contributed by atoms with van der Waals surface area (Å²) < 4.78 is 13.2. The van der Waals surface area contributed by atoms with E-state index in [9.17, 15) is 4.39 Å². The van der Waals surface area contributed by atoms with Gasteiger partial charge in [-0.1, -0.05) is 24.1 Å². The van der Waals surface area contributed by atoms with Crippen molar-refractivity contribution in [2.24, 2.45) is 11.7 Å². The van der Waals surface area contributed by atoms with Crippen LogP contribution in [-0.2, 0) is 6.42 Å². The molecule has 0 heterocycles. The van der Waals surface area contributed by atoms with Crippen LogP contribution in [0.25, 0.3) is 0 Å². The summed E-state index contributed by atoms with van der Waals surface area (Å²) in [5, 5.41) is 0.189. The summed E-state index contributed by atoms with van der Waals surface area (Å²) in [6, 6.07) is 5.31. The molecule has 2 unspecified atom stereocenters. The Kier molecular flexibility index (Phi) is 3.27. The van der Waals surface area contributed by atoms with E-state index < -0.39 is 0 Å². The van der Waals surface area contributed by atoms with Crippen LogP contribution in [0.2, 0.25) is 5.02 Å². The maximum Gasteiger partial charge on any atom is 0.142 e. The van der Waals surface area contributed by atoms with Gasteiger partial charge < -0.3 is 5.73 Å². The van der Waals surface area contributed by atoms with Crippen LogP contribution in [0, 0.1) is 11.7 Å². The van der Waals surface area contributed by atoms with Crippen LogP contribution in [-0.4, -0.2) is 6.04 Å². The fourth-order valence-corrected chi connectivity index (χ4v) is 2.41. The fourth-order valence-electron chi connectivity index (χ4n) is 2.29. The number of benzene rings is 1. The molecule has 3 heteroatoms. The fraction of sp³-hybridized carbons (Fsp3) is 0.500. The molecule has 2 N–H and O–H groups in total. The molecule has 0 aliphatic heterocycles. The van der Waals surface area contributed by atoms with Gasteiger partial charge in [-0.2, -0.15) is 0 Å². The molecule has 0 bridgehead atoms. The Morgan fingerprint density at radius 1 is 1.40 bits per heavy atom. The van der Waals surface area contributed by atoms with E-state index in [2.05, 4.69) is 0 Å². The van der Waals surface area contributed by atoms with Crippen LogP contribution in [0.4, 0.5) is 4.39 Å². The average Bonchev–Trinajstić information content (AvgIpc) is 2.59. The van der Waals surface area contributed by atoms with Crippen molar-refractivity contribution in [1.29, 1.82) is 0 Å². The van der Waals surface area contributed by atoms with Gasteiger partial charge in [-0.3, -0.25) is 0 Å². The van der Waals surface area contributed by atoms with E-state index in [1.807, 2.05) is 6.07 Å². The molecule has 1 aromatic carbocycles. The van der Waals surface area contributed by atoms with E-state index in [4.69, 9.17) is 17.3 Å². The van der Waals surface area contributed by atoms with Gasteiger partial charge in [0, 0.05) is 6.04 Å². The summed E-state index contributed by atoms with van der Waals surface area (Å²) in [4.78, 5) is 0. The summed E-state index contributed by atoms with van der Waals surface area (Å²) in [5.74, 6) is 0.173. The van der Waals surface area contributed by atoms with Crippen molar-refractivity contribution in [2.75, 3.05) is 0 Å². The minimum atomic E-state index is -0.333. The van der Waals surface area contributed by atoms with Gasteiger partial charge >= 0.3 is 0 Å². The molecule has 0 radical (unpaired) electrons. The smallest absolute Gasteiger partial charge is 0.142 e. The Morgan fingerprint density at radius 2 is 2.20 bits per heavy atom. The third-order valence-corrected chi connectivity index (χ3v) is 3.51. The molecular formula is C12H15ClFN.